The van der Waals surface area contributed by atoms with Gasteiger partial charge in [-0.15, -0.1) is 11.8 Å². The molecule has 3 nitrogen and oxygen atoms in total. The first-order valence-electron chi connectivity index (χ1n) is 6.31. The number of rotatable bonds is 4. The van der Waals surface area contributed by atoms with Crippen LogP contribution in [0.5, 0.6) is 11.5 Å². The predicted molar refractivity (Wildman–Crippen MR) is 75.9 cm³/mol. The first-order chi connectivity index (χ1) is 9.07. The number of thioether (sulfide) groups is 1. The molecule has 0 aromatic heterocycles. The van der Waals surface area contributed by atoms with E-state index in [9.17, 15) is 4.39 Å². The van der Waals surface area contributed by atoms with Crippen molar-refractivity contribution in [2.75, 3.05) is 27.0 Å². The first kappa shape index (κ1) is 14.5. The summed E-state index contributed by atoms with van der Waals surface area (Å²) in [5.41, 5.74) is 0.579. The molecule has 0 aliphatic carbocycles. The van der Waals surface area contributed by atoms with Crippen LogP contribution in [0.25, 0.3) is 0 Å². The summed E-state index contributed by atoms with van der Waals surface area (Å²) in [5, 5.41) is 3.43. The third-order valence-electron chi connectivity index (χ3n) is 3.72. The van der Waals surface area contributed by atoms with Gasteiger partial charge in [-0.2, -0.15) is 0 Å². The Morgan fingerprint density at radius 3 is 2.47 bits per heavy atom. The van der Waals surface area contributed by atoms with E-state index in [-0.39, 0.29) is 11.4 Å². The van der Waals surface area contributed by atoms with Gasteiger partial charge in [-0.25, -0.2) is 4.39 Å². The molecule has 1 aliphatic heterocycles. The summed E-state index contributed by atoms with van der Waals surface area (Å²) in [5.74, 6) is 0.861. The minimum atomic E-state index is -0.255. The Morgan fingerprint density at radius 2 is 2.00 bits per heavy atom. The average molecular weight is 285 g/mol. The maximum absolute atomic E-state index is 14.3. The summed E-state index contributed by atoms with van der Waals surface area (Å²) < 4.78 is 25.1. The highest BCUT2D eigenvalue weighted by Crippen LogP contribution is 2.46. The van der Waals surface area contributed by atoms with Gasteiger partial charge in [0.05, 0.1) is 19.1 Å². The number of hydrogen-bond donors (Lipinski definition) is 1. The SMILES string of the molecule is COc1c(C2(C)CCCN2)cc(F)c(SC)c1OC. The van der Waals surface area contributed by atoms with Crippen molar-refractivity contribution in [3.8, 4) is 11.5 Å². The maximum atomic E-state index is 14.3. The van der Waals surface area contributed by atoms with Crippen LogP contribution in [0.2, 0.25) is 0 Å². The Morgan fingerprint density at radius 1 is 1.32 bits per heavy atom. The molecule has 1 atom stereocenters. The van der Waals surface area contributed by atoms with Crippen LogP contribution in [0.3, 0.4) is 0 Å². The molecule has 0 saturated carbocycles. The molecule has 1 heterocycles. The van der Waals surface area contributed by atoms with Gasteiger partial charge in [-0.1, -0.05) is 0 Å². The van der Waals surface area contributed by atoms with Crippen LogP contribution in [0.15, 0.2) is 11.0 Å². The number of benzene rings is 1. The normalized spacial score (nSPS) is 22.6. The first-order valence-corrected chi connectivity index (χ1v) is 7.54. The fourth-order valence-corrected chi connectivity index (χ4v) is 3.32. The van der Waals surface area contributed by atoms with Crippen LogP contribution in [0.1, 0.15) is 25.3 Å². The molecule has 5 heteroatoms. The zero-order valence-corrected chi connectivity index (χ0v) is 12.6. The van der Waals surface area contributed by atoms with Crippen molar-refractivity contribution in [3.05, 3.63) is 17.4 Å². The van der Waals surface area contributed by atoms with Gasteiger partial charge >= 0.3 is 0 Å². The van der Waals surface area contributed by atoms with Crippen molar-refractivity contribution < 1.29 is 13.9 Å². The van der Waals surface area contributed by atoms with E-state index in [0.29, 0.717) is 16.4 Å². The summed E-state index contributed by atoms with van der Waals surface area (Å²) in [6, 6.07) is 1.57. The van der Waals surface area contributed by atoms with E-state index in [4.69, 9.17) is 9.47 Å². The van der Waals surface area contributed by atoms with Gasteiger partial charge < -0.3 is 14.8 Å². The second-order valence-electron chi connectivity index (χ2n) is 4.87. The number of nitrogens with one attached hydrogen (secondary N) is 1. The second kappa shape index (κ2) is 5.59. The Bertz CT molecular complexity index is 473. The van der Waals surface area contributed by atoms with Gasteiger partial charge in [0.1, 0.15) is 5.82 Å². The van der Waals surface area contributed by atoms with Crippen molar-refractivity contribution in [1.82, 2.24) is 5.32 Å². The predicted octanol–water partition coefficient (Wildman–Crippen LogP) is 3.16. The Balaban J connectivity index is 2.64. The molecule has 2 rings (SSSR count). The molecule has 1 N–H and O–H groups in total. The van der Waals surface area contributed by atoms with Crippen LogP contribution >= 0.6 is 11.8 Å². The van der Waals surface area contributed by atoms with E-state index in [0.717, 1.165) is 24.9 Å². The minimum absolute atomic E-state index is 0.254. The minimum Gasteiger partial charge on any atom is -0.492 e. The topological polar surface area (TPSA) is 30.5 Å². The van der Waals surface area contributed by atoms with E-state index in [2.05, 4.69) is 12.2 Å². The lowest BCUT2D eigenvalue weighted by Gasteiger charge is -2.28. The number of halogens is 1. The van der Waals surface area contributed by atoms with E-state index in [1.807, 2.05) is 6.26 Å². The van der Waals surface area contributed by atoms with E-state index < -0.39 is 0 Å². The monoisotopic (exact) mass is 285 g/mol. The summed E-state index contributed by atoms with van der Waals surface area (Å²) >= 11 is 1.33. The molecule has 1 aromatic rings. The molecule has 0 spiro atoms. The van der Waals surface area contributed by atoms with Gasteiger partial charge in [0.2, 0.25) is 0 Å². The van der Waals surface area contributed by atoms with E-state index in [1.165, 1.54) is 11.8 Å². The average Bonchev–Trinajstić information content (AvgIpc) is 2.85. The highest BCUT2D eigenvalue weighted by Gasteiger charge is 2.35. The van der Waals surface area contributed by atoms with Crippen molar-refractivity contribution in [1.29, 1.82) is 0 Å². The van der Waals surface area contributed by atoms with Gasteiger partial charge in [-0.05, 0) is 38.6 Å². The van der Waals surface area contributed by atoms with Gasteiger partial charge in [0.15, 0.2) is 11.5 Å². The second-order valence-corrected chi connectivity index (χ2v) is 5.68. The smallest absolute Gasteiger partial charge is 0.177 e. The quantitative estimate of drug-likeness (QED) is 0.861. The summed E-state index contributed by atoms with van der Waals surface area (Å²) in [6.07, 6.45) is 3.87. The standard InChI is InChI=1S/C14H20FNO2S/c1-14(6-5-7-16-14)9-8-10(15)13(19-4)12(18-3)11(9)17-2/h8,16H,5-7H2,1-4H3. The maximum Gasteiger partial charge on any atom is 0.177 e. The molecular formula is C14H20FNO2S. The van der Waals surface area contributed by atoms with Crippen LogP contribution in [-0.2, 0) is 5.54 Å². The van der Waals surface area contributed by atoms with Crippen molar-refractivity contribution >= 4 is 11.8 Å². The van der Waals surface area contributed by atoms with Gasteiger partial charge in [0, 0.05) is 11.1 Å². The lowest BCUT2D eigenvalue weighted by atomic mass is 9.89. The Labute approximate surface area is 117 Å². The lowest BCUT2D eigenvalue weighted by molar-refractivity contribution is 0.323. The van der Waals surface area contributed by atoms with Crippen molar-refractivity contribution in [2.24, 2.45) is 0 Å². The third kappa shape index (κ3) is 2.41. The van der Waals surface area contributed by atoms with Crippen LogP contribution < -0.4 is 14.8 Å². The van der Waals surface area contributed by atoms with Crippen molar-refractivity contribution in [3.63, 3.8) is 0 Å². The summed E-state index contributed by atoms with van der Waals surface area (Å²) in [6.45, 7) is 3.02. The molecule has 1 aliphatic rings. The fraction of sp³-hybridized carbons (Fsp3) is 0.571. The van der Waals surface area contributed by atoms with E-state index in [1.54, 1.807) is 20.3 Å². The summed E-state index contributed by atoms with van der Waals surface area (Å²) in [7, 11) is 3.15. The molecular weight excluding hydrogens is 265 g/mol. The van der Waals surface area contributed by atoms with Gasteiger partial charge in [-0.3, -0.25) is 0 Å². The molecule has 19 heavy (non-hydrogen) atoms. The highest BCUT2D eigenvalue weighted by molar-refractivity contribution is 7.98. The number of hydrogen-bond acceptors (Lipinski definition) is 4. The number of ether oxygens (including phenoxy) is 2. The van der Waals surface area contributed by atoms with Crippen LogP contribution in [0, 0.1) is 5.82 Å². The molecule has 1 aromatic carbocycles. The van der Waals surface area contributed by atoms with Crippen molar-refractivity contribution in [2.45, 2.75) is 30.2 Å². The zero-order chi connectivity index (χ0) is 14.0. The number of methoxy groups -OCH3 is 2. The lowest BCUT2D eigenvalue weighted by Crippen LogP contribution is -2.33. The fourth-order valence-electron chi connectivity index (χ4n) is 2.70. The largest absolute Gasteiger partial charge is 0.492 e. The van der Waals surface area contributed by atoms with Gasteiger partial charge in [0.25, 0.3) is 0 Å². The molecule has 1 fully saturated rings. The Kier molecular flexibility index (Phi) is 4.26. The molecule has 106 valence electrons. The van der Waals surface area contributed by atoms with E-state index >= 15 is 0 Å². The van der Waals surface area contributed by atoms with Crippen LogP contribution in [-0.4, -0.2) is 27.0 Å². The molecule has 0 radical (unpaired) electrons. The molecule has 0 bridgehead atoms. The molecule has 1 unspecified atom stereocenters. The highest BCUT2D eigenvalue weighted by atomic mass is 32.2. The molecule has 0 amide bonds. The zero-order valence-electron chi connectivity index (χ0n) is 11.8. The molecule has 1 saturated heterocycles. The summed E-state index contributed by atoms with van der Waals surface area (Å²) in [4.78, 5) is 0.490. The van der Waals surface area contributed by atoms with Crippen LogP contribution in [0.4, 0.5) is 4.39 Å². The Hall–Kier alpha value is -0.940. The third-order valence-corrected chi connectivity index (χ3v) is 4.51.